The molecule has 0 bridgehead atoms. The number of nitrogens with zero attached hydrogens (tertiary/aromatic N) is 1. The Hall–Kier alpha value is -2.68. The van der Waals surface area contributed by atoms with Crippen LogP contribution in [0.25, 0.3) is 5.57 Å². The third-order valence-corrected chi connectivity index (χ3v) is 3.16. The molecule has 0 saturated carbocycles. The van der Waals surface area contributed by atoms with Crippen molar-refractivity contribution in [2.75, 3.05) is 4.90 Å². The smallest absolute Gasteiger partial charge is 0.265 e. The summed E-state index contributed by atoms with van der Waals surface area (Å²) < 4.78 is 0. The van der Waals surface area contributed by atoms with Crippen molar-refractivity contribution in [2.24, 2.45) is 0 Å². The van der Waals surface area contributed by atoms with Crippen LogP contribution in [0.3, 0.4) is 0 Å². The maximum absolute atomic E-state index is 12.4. The maximum Gasteiger partial charge on any atom is 0.265 e. The van der Waals surface area contributed by atoms with Gasteiger partial charge in [0.1, 0.15) is 0 Å². The first-order valence-electron chi connectivity index (χ1n) is 5.92. The largest absolute Gasteiger partial charge is 0.268 e. The summed E-state index contributed by atoms with van der Waals surface area (Å²) in [6, 6.07) is 15.9. The molecule has 0 saturated heterocycles. The van der Waals surface area contributed by atoms with Gasteiger partial charge in [-0.15, -0.1) is 0 Å². The van der Waals surface area contributed by atoms with E-state index in [1.54, 1.807) is 42.5 Å². The van der Waals surface area contributed by atoms with E-state index in [1.807, 2.05) is 12.1 Å². The predicted molar refractivity (Wildman–Crippen MR) is 73.7 cm³/mol. The number of benzene rings is 2. The average molecular weight is 249 g/mol. The van der Waals surface area contributed by atoms with Gasteiger partial charge in [0.05, 0.1) is 5.69 Å². The molecule has 3 nitrogen and oxygen atoms in total. The lowest BCUT2D eigenvalue weighted by atomic mass is 10.1. The van der Waals surface area contributed by atoms with Crippen LogP contribution in [0, 0.1) is 0 Å². The van der Waals surface area contributed by atoms with Crippen molar-refractivity contribution in [3.63, 3.8) is 0 Å². The summed E-state index contributed by atoms with van der Waals surface area (Å²) in [6.07, 6.45) is 0. The highest BCUT2D eigenvalue weighted by atomic mass is 16.2. The molecule has 2 aromatic carbocycles. The van der Waals surface area contributed by atoms with E-state index in [9.17, 15) is 9.59 Å². The molecule has 2 amide bonds. The Morgan fingerprint density at radius 2 is 1.58 bits per heavy atom. The molecule has 1 aliphatic rings. The summed E-state index contributed by atoms with van der Waals surface area (Å²) in [7, 11) is 0. The summed E-state index contributed by atoms with van der Waals surface area (Å²) >= 11 is 0. The maximum atomic E-state index is 12.4. The molecule has 2 aromatic rings. The monoisotopic (exact) mass is 249 g/mol. The molecule has 0 N–H and O–H groups in total. The number of hydrogen-bond donors (Lipinski definition) is 0. The average Bonchev–Trinajstić information content (AvgIpc) is 2.72. The zero-order valence-electron chi connectivity index (χ0n) is 10.2. The fraction of sp³-hybridized carbons (Fsp3) is 0. The first-order valence-corrected chi connectivity index (χ1v) is 5.92. The van der Waals surface area contributed by atoms with E-state index in [2.05, 4.69) is 6.58 Å². The lowest BCUT2D eigenvalue weighted by molar-refractivity contribution is -0.112. The van der Waals surface area contributed by atoms with Crippen LogP contribution >= 0.6 is 0 Å². The zero-order valence-corrected chi connectivity index (χ0v) is 10.2. The Morgan fingerprint density at radius 1 is 0.947 bits per heavy atom. The van der Waals surface area contributed by atoms with Gasteiger partial charge in [0.15, 0.2) is 0 Å². The lowest BCUT2D eigenvalue weighted by Gasteiger charge is -2.14. The quantitative estimate of drug-likeness (QED) is 0.575. The molecule has 0 aliphatic carbocycles. The number of hydrogen-bond acceptors (Lipinski definition) is 2. The Balaban J connectivity index is 2.09. The summed E-state index contributed by atoms with van der Waals surface area (Å²) in [5, 5.41) is 0. The van der Waals surface area contributed by atoms with E-state index in [0.29, 0.717) is 16.8 Å². The molecule has 19 heavy (non-hydrogen) atoms. The molecule has 1 heterocycles. The number of amides is 2. The highest BCUT2D eigenvalue weighted by Gasteiger charge is 2.35. The summed E-state index contributed by atoms with van der Waals surface area (Å²) in [5.74, 6) is -0.674. The number of carbonyl (C=O) groups excluding carboxylic acids is 2. The first-order chi connectivity index (χ1) is 9.20. The predicted octanol–water partition coefficient (Wildman–Crippen LogP) is 2.89. The van der Waals surface area contributed by atoms with Crippen LogP contribution < -0.4 is 4.90 Å². The van der Waals surface area contributed by atoms with Gasteiger partial charge in [0, 0.05) is 16.7 Å². The summed E-state index contributed by atoms with van der Waals surface area (Å²) in [5.41, 5.74) is 2.17. The van der Waals surface area contributed by atoms with Crippen LogP contribution in [0.4, 0.5) is 5.69 Å². The van der Waals surface area contributed by atoms with Crippen LogP contribution in [0.15, 0.2) is 61.2 Å². The Labute approximate surface area is 110 Å². The Kier molecular flexibility index (Phi) is 2.53. The zero-order chi connectivity index (χ0) is 13.4. The minimum atomic E-state index is -0.352. The molecule has 0 spiro atoms. The SMILES string of the molecule is C=C1C(=O)N(C(=O)c2ccccc2)c2ccccc21. The minimum absolute atomic E-state index is 0.322. The van der Waals surface area contributed by atoms with Crippen LogP contribution in [-0.4, -0.2) is 11.8 Å². The molecule has 0 unspecified atom stereocenters. The molecule has 0 fully saturated rings. The van der Waals surface area contributed by atoms with Gasteiger partial charge >= 0.3 is 0 Å². The van der Waals surface area contributed by atoms with Gasteiger partial charge in [-0.2, -0.15) is 0 Å². The van der Waals surface area contributed by atoms with E-state index in [-0.39, 0.29) is 11.8 Å². The van der Waals surface area contributed by atoms with Gasteiger partial charge in [-0.3, -0.25) is 9.59 Å². The fourth-order valence-corrected chi connectivity index (χ4v) is 2.19. The van der Waals surface area contributed by atoms with Crippen molar-refractivity contribution in [3.8, 4) is 0 Å². The number of para-hydroxylation sites is 1. The van der Waals surface area contributed by atoms with Crippen molar-refractivity contribution < 1.29 is 9.59 Å². The fourth-order valence-electron chi connectivity index (χ4n) is 2.19. The highest BCUT2D eigenvalue weighted by Crippen LogP contribution is 2.36. The number of rotatable bonds is 1. The van der Waals surface area contributed by atoms with Gasteiger partial charge in [0.25, 0.3) is 11.8 Å². The number of carbonyl (C=O) groups is 2. The number of fused-ring (bicyclic) bond motifs is 1. The lowest BCUT2D eigenvalue weighted by Crippen LogP contribution is -2.33. The van der Waals surface area contributed by atoms with Gasteiger partial charge in [-0.05, 0) is 18.2 Å². The summed E-state index contributed by atoms with van der Waals surface area (Å²) in [4.78, 5) is 25.8. The third-order valence-electron chi connectivity index (χ3n) is 3.16. The molecular weight excluding hydrogens is 238 g/mol. The second-order valence-corrected chi connectivity index (χ2v) is 4.31. The number of imide groups is 1. The topological polar surface area (TPSA) is 37.4 Å². The van der Waals surface area contributed by atoms with Crippen molar-refractivity contribution in [2.45, 2.75) is 0 Å². The molecule has 1 aliphatic heterocycles. The summed E-state index contributed by atoms with van der Waals surface area (Å²) in [6.45, 7) is 3.76. The first kappa shape index (κ1) is 11.4. The van der Waals surface area contributed by atoms with E-state index >= 15 is 0 Å². The normalized spacial score (nSPS) is 13.6. The molecular formula is C16H11NO2. The van der Waals surface area contributed by atoms with Crippen LogP contribution in [0.5, 0.6) is 0 Å². The second kappa shape index (κ2) is 4.21. The second-order valence-electron chi connectivity index (χ2n) is 4.31. The molecule has 0 radical (unpaired) electrons. The van der Waals surface area contributed by atoms with E-state index in [4.69, 9.17) is 0 Å². The molecule has 92 valence electrons. The Bertz CT molecular complexity index is 689. The van der Waals surface area contributed by atoms with Crippen LogP contribution in [0.2, 0.25) is 0 Å². The van der Waals surface area contributed by atoms with Crippen LogP contribution in [-0.2, 0) is 4.79 Å². The standard InChI is InChI=1S/C16H11NO2/c1-11-13-9-5-6-10-14(13)17(15(11)18)16(19)12-7-3-2-4-8-12/h2-10H,1H2. The highest BCUT2D eigenvalue weighted by molar-refractivity contribution is 6.41. The Morgan fingerprint density at radius 3 is 2.32 bits per heavy atom. The molecule has 0 aromatic heterocycles. The van der Waals surface area contributed by atoms with Crippen molar-refractivity contribution in [3.05, 3.63) is 72.3 Å². The van der Waals surface area contributed by atoms with Crippen molar-refractivity contribution in [1.82, 2.24) is 0 Å². The van der Waals surface area contributed by atoms with Crippen molar-refractivity contribution >= 4 is 23.1 Å². The molecule has 3 rings (SSSR count). The molecule has 0 atom stereocenters. The van der Waals surface area contributed by atoms with Gasteiger partial charge in [0.2, 0.25) is 0 Å². The third kappa shape index (κ3) is 1.67. The van der Waals surface area contributed by atoms with Gasteiger partial charge in [-0.25, -0.2) is 4.90 Å². The van der Waals surface area contributed by atoms with E-state index in [0.717, 1.165) is 5.56 Å². The number of anilines is 1. The minimum Gasteiger partial charge on any atom is -0.268 e. The van der Waals surface area contributed by atoms with Gasteiger partial charge in [-0.1, -0.05) is 43.0 Å². The molecule has 3 heteroatoms. The van der Waals surface area contributed by atoms with Crippen molar-refractivity contribution in [1.29, 1.82) is 0 Å². The van der Waals surface area contributed by atoms with E-state index in [1.165, 1.54) is 4.90 Å². The van der Waals surface area contributed by atoms with Crippen LogP contribution in [0.1, 0.15) is 15.9 Å². The van der Waals surface area contributed by atoms with E-state index < -0.39 is 0 Å². The van der Waals surface area contributed by atoms with Gasteiger partial charge < -0.3 is 0 Å².